The SMILES string of the molecule is Cc1cc(C)cc(CC(NC2=NCCS2)c2cccc3c2OCC3)c1. The number of ether oxygens (including phenoxy) is 1. The van der Waals surface area contributed by atoms with Crippen LogP contribution in [0.5, 0.6) is 5.75 Å². The first-order chi connectivity index (χ1) is 12.2. The number of rotatable bonds is 4. The van der Waals surface area contributed by atoms with Crippen molar-refractivity contribution in [1.82, 2.24) is 5.32 Å². The van der Waals surface area contributed by atoms with Gasteiger partial charge in [-0.1, -0.05) is 59.3 Å². The van der Waals surface area contributed by atoms with E-state index in [1.165, 1.54) is 27.8 Å². The number of nitrogens with zero attached hydrogens (tertiary/aromatic N) is 1. The molecule has 2 aliphatic heterocycles. The highest BCUT2D eigenvalue weighted by atomic mass is 32.2. The molecule has 0 aliphatic carbocycles. The third kappa shape index (κ3) is 3.69. The van der Waals surface area contributed by atoms with Crippen molar-refractivity contribution in [1.29, 1.82) is 0 Å². The van der Waals surface area contributed by atoms with Gasteiger partial charge in [-0.3, -0.25) is 4.99 Å². The molecule has 2 aromatic carbocycles. The van der Waals surface area contributed by atoms with Gasteiger partial charge in [0.1, 0.15) is 5.75 Å². The summed E-state index contributed by atoms with van der Waals surface area (Å²) in [5.74, 6) is 2.15. The van der Waals surface area contributed by atoms with Gasteiger partial charge < -0.3 is 10.1 Å². The van der Waals surface area contributed by atoms with E-state index in [1.807, 2.05) is 11.8 Å². The Balaban J connectivity index is 1.68. The number of benzene rings is 2. The molecule has 4 rings (SSSR count). The second-order valence-corrected chi connectivity index (χ2v) is 7.95. The molecule has 1 unspecified atom stereocenters. The van der Waals surface area contributed by atoms with Crippen LogP contribution in [0.2, 0.25) is 0 Å². The third-order valence-electron chi connectivity index (χ3n) is 4.72. The van der Waals surface area contributed by atoms with Gasteiger partial charge in [-0.2, -0.15) is 0 Å². The van der Waals surface area contributed by atoms with Crippen molar-refractivity contribution in [2.45, 2.75) is 32.7 Å². The van der Waals surface area contributed by atoms with E-state index in [0.717, 1.165) is 42.7 Å². The summed E-state index contributed by atoms with van der Waals surface area (Å²) in [6.45, 7) is 6.03. The van der Waals surface area contributed by atoms with Crippen molar-refractivity contribution in [3.8, 4) is 5.75 Å². The van der Waals surface area contributed by atoms with Crippen LogP contribution in [0, 0.1) is 13.8 Å². The van der Waals surface area contributed by atoms with E-state index in [9.17, 15) is 0 Å². The minimum Gasteiger partial charge on any atom is -0.493 e. The number of para-hydroxylation sites is 1. The summed E-state index contributed by atoms with van der Waals surface area (Å²) in [4.78, 5) is 4.60. The van der Waals surface area contributed by atoms with E-state index in [0.29, 0.717) is 0 Å². The summed E-state index contributed by atoms with van der Waals surface area (Å²) >= 11 is 1.81. The smallest absolute Gasteiger partial charge is 0.157 e. The van der Waals surface area contributed by atoms with Crippen molar-refractivity contribution in [3.05, 3.63) is 64.2 Å². The number of nitrogens with one attached hydrogen (secondary N) is 1. The predicted molar refractivity (Wildman–Crippen MR) is 106 cm³/mol. The summed E-state index contributed by atoms with van der Waals surface area (Å²) in [5.41, 5.74) is 6.57. The first-order valence-corrected chi connectivity index (χ1v) is 9.93. The van der Waals surface area contributed by atoms with Crippen LogP contribution in [0.4, 0.5) is 0 Å². The molecule has 0 aromatic heterocycles. The molecule has 0 saturated heterocycles. The monoisotopic (exact) mass is 352 g/mol. The average molecular weight is 353 g/mol. The van der Waals surface area contributed by atoms with E-state index in [-0.39, 0.29) is 6.04 Å². The van der Waals surface area contributed by atoms with E-state index < -0.39 is 0 Å². The molecule has 0 bridgehead atoms. The number of fused-ring (bicyclic) bond motifs is 1. The maximum atomic E-state index is 5.97. The molecule has 0 amide bonds. The van der Waals surface area contributed by atoms with E-state index in [2.05, 4.69) is 60.6 Å². The quantitative estimate of drug-likeness (QED) is 0.895. The fourth-order valence-electron chi connectivity index (χ4n) is 3.75. The van der Waals surface area contributed by atoms with Gasteiger partial charge in [-0.15, -0.1) is 0 Å². The first kappa shape index (κ1) is 16.5. The Bertz CT molecular complexity index is 795. The Kier molecular flexibility index (Phi) is 4.71. The number of thioether (sulfide) groups is 1. The van der Waals surface area contributed by atoms with E-state index in [1.54, 1.807) is 0 Å². The number of aliphatic imine (C=N–C) groups is 1. The van der Waals surface area contributed by atoms with Crippen LogP contribution in [0.1, 0.15) is 33.9 Å². The van der Waals surface area contributed by atoms with Crippen LogP contribution in [-0.2, 0) is 12.8 Å². The fraction of sp³-hybridized carbons (Fsp3) is 0.381. The molecule has 2 heterocycles. The molecule has 0 fully saturated rings. The zero-order valence-corrected chi connectivity index (χ0v) is 15.7. The first-order valence-electron chi connectivity index (χ1n) is 8.94. The molecule has 1 N–H and O–H groups in total. The second kappa shape index (κ2) is 7.12. The van der Waals surface area contributed by atoms with Crippen LogP contribution in [0.25, 0.3) is 0 Å². The number of hydrogen-bond acceptors (Lipinski definition) is 4. The molecule has 0 radical (unpaired) electrons. The van der Waals surface area contributed by atoms with Gasteiger partial charge in [0, 0.05) is 17.7 Å². The molecule has 2 aliphatic rings. The molecule has 130 valence electrons. The summed E-state index contributed by atoms with van der Waals surface area (Å²) in [6, 6.07) is 13.5. The molecular formula is C21H24N2OS. The molecular weight excluding hydrogens is 328 g/mol. The van der Waals surface area contributed by atoms with Gasteiger partial charge >= 0.3 is 0 Å². The van der Waals surface area contributed by atoms with Crippen LogP contribution in [-0.4, -0.2) is 24.1 Å². The zero-order valence-electron chi connectivity index (χ0n) is 14.8. The highest BCUT2D eigenvalue weighted by Crippen LogP contribution is 2.35. The maximum Gasteiger partial charge on any atom is 0.157 e. The molecule has 2 aromatic rings. The molecule has 0 saturated carbocycles. The Morgan fingerprint density at radius 2 is 2.04 bits per heavy atom. The predicted octanol–water partition coefficient (Wildman–Crippen LogP) is 4.21. The average Bonchev–Trinajstić information content (AvgIpc) is 3.24. The Morgan fingerprint density at radius 3 is 2.80 bits per heavy atom. The topological polar surface area (TPSA) is 33.6 Å². The lowest BCUT2D eigenvalue weighted by Gasteiger charge is -2.22. The molecule has 0 spiro atoms. The number of aryl methyl sites for hydroxylation is 2. The van der Waals surface area contributed by atoms with Crippen LogP contribution < -0.4 is 10.1 Å². The van der Waals surface area contributed by atoms with Crippen molar-refractivity contribution in [3.63, 3.8) is 0 Å². The molecule has 4 heteroatoms. The van der Waals surface area contributed by atoms with Gasteiger partial charge in [0.05, 0.1) is 19.2 Å². The maximum absolute atomic E-state index is 5.97. The normalized spacial score (nSPS) is 17.0. The van der Waals surface area contributed by atoms with Gasteiger partial charge in [-0.25, -0.2) is 0 Å². The zero-order chi connectivity index (χ0) is 17.2. The van der Waals surface area contributed by atoms with E-state index >= 15 is 0 Å². The largest absolute Gasteiger partial charge is 0.493 e. The lowest BCUT2D eigenvalue weighted by Crippen LogP contribution is -2.27. The van der Waals surface area contributed by atoms with Crippen molar-refractivity contribution in [2.24, 2.45) is 4.99 Å². The highest BCUT2D eigenvalue weighted by molar-refractivity contribution is 8.14. The van der Waals surface area contributed by atoms with Gasteiger partial charge in [-0.05, 0) is 31.4 Å². The fourth-order valence-corrected chi connectivity index (χ4v) is 4.53. The molecule has 3 nitrogen and oxygen atoms in total. The second-order valence-electron chi connectivity index (χ2n) is 6.87. The molecule has 25 heavy (non-hydrogen) atoms. The lowest BCUT2D eigenvalue weighted by molar-refractivity contribution is 0.350. The minimum atomic E-state index is 0.179. The lowest BCUT2D eigenvalue weighted by atomic mass is 9.94. The van der Waals surface area contributed by atoms with Crippen LogP contribution >= 0.6 is 11.8 Å². The summed E-state index contributed by atoms with van der Waals surface area (Å²) in [5, 5.41) is 4.74. The number of amidine groups is 1. The van der Waals surface area contributed by atoms with Crippen LogP contribution in [0.15, 0.2) is 41.4 Å². The Labute approximate surface area is 153 Å². The Morgan fingerprint density at radius 1 is 1.20 bits per heavy atom. The summed E-state index contributed by atoms with van der Waals surface area (Å²) in [6.07, 6.45) is 1.94. The third-order valence-corrected chi connectivity index (χ3v) is 5.63. The van der Waals surface area contributed by atoms with Gasteiger partial charge in [0.2, 0.25) is 0 Å². The van der Waals surface area contributed by atoms with Crippen molar-refractivity contribution < 1.29 is 4.74 Å². The van der Waals surface area contributed by atoms with Crippen LogP contribution in [0.3, 0.4) is 0 Å². The van der Waals surface area contributed by atoms with Gasteiger partial charge in [0.15, 0.2) is 5.17 Å². The highest BCUT2D eigenvalue weighted by Gasteiger charge is 2.24. The summed E-state index contributed by atoms with van der Waals surface area (Å²) < 4.78 is 5.97. The van der Waals surface area contributed by atoms with Crippen molar-refractivity contribution in [2.75, 3.05) is 18.9 Å². The minimum absolute atomic E-state index is 0.179. The Hall–Kier alpha value is -1.94. The summed E-state index contributed by atoms with van der Waals surface area (Å²) in [7, 11) is 0. The van der Waals surface area contributed by atoms with Gasteiger partial charge in [0.25, 0.3) is 0 Å². The molecule has 1 atom stereocenters. The number of hydrogen-bond donors (Lipinski definition) is 1. The standard InChI is InChI=1S/C21H24N2OS/c1-14-10-15(2)12-16(11-14)13-19(23-21-22-7-9-25-21)18-5-3-4-17-6-8-24-20(17)18/h3-5,10-12,19H,6-9,13H2,1-2H3,(H,22,23). The van der Waals surface area contributed by atoms with Crippen molar-refractivity contribution >= 4 is 16.9 Å². The van der Waals surface area contributed by atoms with E-state index in [4.69, 9.17) is 4.74 Å².